The predicted molar refractivity (Wildman–Crippen MR) is 89.3 cm³/mol. The molecule has 0 unspecified atom stereocenters. The van der Waals surface area contributed by atoms with Gasteiger partial charge in [0, 0.05) is 25.8 Å². The van der Waals surface area contributed by atoms with Crippen LogP contribution in [-0.4, -0.2) is 36.0 Å². The summed E-state index contributed by atoms with van der Waals surface area (Å²) in [6, 6.07) is 0. The summed E-state index contributed by atoms with van der Waals surface area (Å²) in [5.74, 6) is -1.37. The van der Waals surface area contributed by atoms with E-state index in [1.54, 1.807) is 13.8 Å². The first-order valence-corrected chi connectivity index (χ1v) is 8.49. The maximum atomic E-state index is 11.9. The van der Waals surface area contributed by atoms with Gasteiger partial charge in [0.2, 0.25) is 0 Å². The summed E-state index contributed by atoms with van der Waals surface area (Å²) in [6.07, 6.45) is 1.09. The Bertz CT molecular complexity index is 410. The Morgan fingerprint density at radius 3 is 2.21 bits per heavy atom. The summed E-state index contributed by atoms with van der Waals surface area (Å²) in [5.41, 5.74) is 0. The number of nitrogens with one attached hydrogen (secondary N) is 1. The summed E-state index contributed by atoms with van der Waals surface area (Å²) in [4.78, 5) is 33.9. The number of carbonyl (C=O) groups is 3. The standard InChI is InChI=1S/C17H31NO6/c1-6-7-12(4)8-14(9-15(20)21)10-18-17(22)24-16(11(2)3)23-13(5)19/h11-12,14,16H,6-10H2,1-5H3,(H,18,22)(H,20,21)/t12-,14+,16+/m1/s1. The zero-order chi connectivity index (χ0) is 18.7. The molecule has 0 heterocycles. The third kappa shape index (κ3) is 10.9. The summed E-state index contributed by atoms with van der Waals surface area (Å²) < 4.78 is 10.0. The molecule has 0 saturated carbocycles. The Hall–Kier alpha value is -1.79. The van der Waals surface area contributed by atoms with Crippen molar-refractivity contribution in [2.75, 3.05) is 6.54 Å². The quantitative estimate of drug-likeness (QED) is 0.440. The molecule has 0 aromatic heterocycles. The zero-order valence-corrected chi connectivity index (χ0v) is 15.3. The molecule has 0 saturated heterocycles. The van der Waals surface area contributed by atoms with Gasteiger partial charge >= 0.3 is 18.0 Å². The molecular formula is C17H31NO6. The van der Waals surface area contributed by atoms with Crippen LogP contribution in [-0.2, 0) is 19.1 Å². The molecule has 7 nitrogen and oxygen atoms in total. The van der Waals surface area contributed by atoms with Crippen molar-refractivity contribution in [1.82, 2.24) is 5.32 Å². The number of ether oxygens (including phenoxy) is 2. The van der Waals surface area contributed by atoms with E-state index in [2.05, 4.69) is 19.2 Å². The molecule has 2 N–H and O–H groups in total. The molecule has 0 fully saturated rings. The minimum Gasteiger partial charge on any atom is -0.481 e. The monoisotopic (exact) mass is 345 g/mol. The predicted octanol–water partition coefficient (Wildman–Crippen LogP) is 3.18. The summed E-state index contributed by atoms with van der Waals surface area (Å²) >= 11 is 0. The van der Waals surface area contributed by atoms with Crippen LogP contribution in [0.5, 0.6) is 0 Å². The van der Waals surface area contributed by atoms with E-state index in [-0.39, 0.29) is 24.8 Å². The van der Waals surface area contributed by atoms with Gasteiger partial charge in [0.15, 0.2) is 0 Å². The van der Waals surface area contributed by atoms with Gasteiger partial charge in [-0.15, -0.1) is 0 Å². The maximum Gasteiger partial charge on any atom is 0.410 e. The lowest BCUT2D eigenvalue weighted by atomic mass is 9.90. The molecule has 0 aromatic carbocycles. The van der Waals surface area contributed by atoms with E-state index in [1.807, 2.05) is 0 Å². The van der Waals surface area contributed by atoms with Gasteiger partial charge in [0.05, 0.1) is 0 Å². The van der Waals surface area contributed by atoms with Crippen LogP contribution in [0.4, 0.5) is 4.79 Å². The van der Waals surface area contributed by atoms with Crippen LogP contribution in [0.15, 0.2) is 0 Å². The van der Waals surface area contributed by atoms with Crippen molar-refractivity contribution in [2.45, 2.75) is 66.6 Å². The van der Waals surface area contributed by atoms with Crippen molar-refractivity contribution in [3.05, 3.63) is 0 Å². The average Bonchev–Trinajstić information content (AvgIpc) is 2.43. The number of hydrogen-bond donors (Lipinski definition) is 2. The van der Waals surface area contributed by atoms with Crippen LogP contribution in [0.25, 0.3) is 0 Å². The molecule has 0 bridgehead atoms. The molecule has 24 heavy (non-hydrogen) atoms. The third-order valence-electron chi connectivity index (χ3n) is 3.57. The number of amides is 1. The van der Waals surface area contributed by atoms with Crippen LogP contribution in [0.3, 0.4) is 0 Å². The van der Waals surface area contributed by atoms with E-state index < -0.39 is 24.3 Å². The van der Waals surface area contributed by atoms with Crippen LogP contribution in [0.1, 0.15) is 60.3 Å². The van der Waals surface area contributed by atoms with E-state index in [1.165, 1.54) is 6.92 Å². The highest BCUT2D eigenvalue weighted by molar-refractivity contribution is 5.69. The van der Waals surface area contributed by atoms with E-state index >= 15 is 0 Å². The molecule has 140 valence electrons. The van der Waals surface area contributed by atoms with Gasteiger partial charge in [-0.3, -0.25) is 9.59 Å². The Balaban J connectivity index is 4.51. The van der Waals surface area contributed by atoms with Gasteiger partial charge in [-0.05, 0) is 18.3 Å². The Morgan fingerprint density at radius 1 is 1.12 bits per heavy atom. The zero-order valence-electron chi connectivity index (χ0n) is 15.3. The van der Waals surface area contributed by atoms with Crippen molar-refractivity contribution < 1.29 is 29.0 Å². The van der Waals surface area contributed by atoms with Gasteiger partial charge in [0.1, 0.15) is 0 Å². The lowest BCUT2D eigenvalue weighted by Crippen LogP contribution is -2.37. The fourth-order valence-electron chi connectivity index (χ4n) is 2.50. The van der Waals surface area contributed by atoms with Crippen molar-refractivity contribution in [1.29, 1.82) is 0 Å². The van der Waals surface area contributed by atoms with Gasteiger partial charge in [-0.1, -0.05) is 40.5 Å². The van der Waals surface area contributed by atoms with Crippen LogP contribution in [0, 0.1) is 17.8 Å². The van der Waals surface area contributed by atoms with Crippen LogP contribution < -0.4 is 5.32 Å². The summed E-state index contributed by atoms with van der Waals surface area (Å²) in [5, 5.41) is 11.6. The molecule has 1 amide bonds. The van der Waals surface area contributed by atoms with E-state index in [0.717, 1.165) is 19.3 Å². The van der Waals surface area contributed by atoms with Crippen molar-refractivity contribution in [3.8, 4) is 0 Å². The maximum absolute atomic E-state index is 11.9. The largest absolute Gasteiger partial charge is 0.481 e. The average molecular weight is 345 g/mol. The van der Waals surface area contributed by atoms with Gasteiger partial charge in [-0.2, -0.15) is 0 Å². The summed E-state index contributed by atoms with van der Waals surface area (Å²) in [6.45, 7) is 9.14. The van der Waals surface area contributed by atoms with E-state index in [0.29, 0.717) is 5.92 Å². The minimum atomic E-state index is -0.959. The minimum absolute atomic E-state index is 0.00805. The molecule has 0 aliphatic carbocycles. The molecule has 0 rings (SSSR count). The van der Waals surface area contributed by atoms with E-state index in [4.69, 9.17) is 14.6 Å². The van der Waals surface area contributed by atoms with Crippen LogP contribution in [0.2, 0.25) is 0 Å². The first-order valence-electron chi connectivity index (χ1n) is 8.49. The molecule has 3 atom stereocenters. The SMILES string of the molecule is CCC[C@@H](C)C[C@H](CNC(=O)O[C@H](OC(C)=O)C(C)C)CC(=O)O. The molecule has 0 spiro atoms. The van der Waals surface area contributed by atoms with Gasteiger partial charge < -0.3 is 19.9 Å². The highest BCUT2D eigenvalue weighted by Crippen LogP contribution is 2.19. The number of alkyl carbamates (subject to hydrolysis) is 1. The highest BCUT2D eigenvalue weighted by atomic mass is 16.7. The number of carbonyl (C=O) groups excluding carboxylic acids is 2. The number of carboxylic acid groups (broad SMARTS) is 1. The Labute approximate surface area is 144 Å². The lowest BCUT2D eigenvalue weighted by molar-refractivity contribution is -0.172. The van der Waals surface area contributed by atoms with Gasteiger partial charge in [0.25, 0.3) is 6.29 Å². The Morgan fingerprint density at radius 2 is 1.75 bits per heavy atom. The second-order valence-electron chi connectivity index (χ2n) is 6.60. The smallest absolute Gasteiger partial charge is 0.410 e. The molecule has 0 aromatic rings. The van der Waals surface area contributed by atoms with Crippen molar-refractivity contribution in [2.24, 2.45) is 17.8 Å². The number of rotatable bonds is 11. The first-order chi connectivity index (χ1) is 11.1. The molecule has 0 aliphatic rings. The molecular weight excluding hydrogens is 314 g/mol. The number of aliphatic carboxylic acids is 1. The van der Waals surface area contributed by atoms with Crippen molar-refractivity contribution >= 4 is 18.0 Å². The second kappa shape index (κ2) is 11.7. The fraction of sp³-hybridized carbons (Fsp3) is 0.824. The van der Waals surface area contributed by atoms with Gasteiger partial charge in [-0.25, -0.2) is 4.79 Å². The third-order valence-corrected chi connectivity index (χ3v) is 3.57. The molecule has 7 heteroatoms. The fourth-order valence-corrected chi connectivity index (χ4v) is 2.50. The molecule has 0 aliphatic heterocycles. The highest BCUT2D eigenvalue weighted by Gasteiger charge is 2.23. The van der Waals surface area contributed by atoms with Crippen LogP contribution >= 0.6 is 0 Å². The van der Waals surface area contributed by atoms with E-state index in [9.17, 15) is 14.4 Å². The number of esters is 1. The molecule has 0 radical (unpaired) electrons. The normalized spacial score (nSPS) is 14.6. The summed E-state index contributed by atoms with van der Waals surface area (Å²) in [7, 11) is 0. The second-order valence-corrected chi connectivity index (χ2v) is 6.60. The number of hydrogen-bond acceptors (Lipinski definition) is 5. The number of carboxylic acids is 1. The topological polar surface area (TPSA) is 102 Å². The lowest BCUT2D eigenvalue weighted by Gasteiger charge is -2.23. The first kappa shape index (κ1) is 22.2. The van der Waals surface area contributed by atoms with Crippen molar-refractivity contribution in [3.63, 3.8) is 0 Å². The Kier molecular flexibility index (Phi) is 10.8.